The Labute approximate surface area is 205 Å². The van der Waals surface area contributed by atoms with Crippen molar-refractivity contribution in [2.75, 3.05) is 0 Å². The highest BCUT2D eigenvalue weighted by molar-refractivity contribution is 5.91. The molecule has 7 nitrogen and oxygen atoms in total. The van der Waals surface area contributed by atoms with E-state index < -0.39 is 30.0 Å². The first-order chi connectivity index (χ1) is 17.0. The Morgan fingerprint density at radius 2 is 1.34 bits per heavy atom. The molecule has 4 N–H and O–H groups in total. The number of rotatable bonds is 11. The molecule has 7 heteroatoms. The summed E-state index contributed by atoms with van der Waals surface area (Å²) >= 11 is 0. The van der Waals surface area contributed by atoms with Crippen molar-refractivity contribution in [3.63, 3.8) is 0 Å². The largest absolute Gasteiger partial charge is 0.445 e. The second-order valence-corrected chi connectivity index (χ2v) is 7.96. The summed E-state index contributed by atoms with van der Waals surface area (Å²) in [7, 11) is 0. The summed E-state index contributed by atoms with van der Waals surface area (Å²) in [5, 5.41) is 5.29. The van der Waals surface area contributed by atoms with E-state index in [1.807, 2.05) is 97.1 Å². The molecule has 0 radical (unpaired) electrons. The minimum absolute atomic E-state index is 0.0700. The van der Waals surface area contributed by atoms with Gasteiger partial charge in [0.2, 0.25) is 11.8 Å². The van der Waals surface area contributed by atoms with Gasteiger partial charge >= 0.3 is 6.09 Å². The zero-order valence-corrected chi connectivity index (χ0v) is 19.3. The third-order valence-corrected chi connectivity index (χ3v) is 5.25. The zero-order chi connectivity index (χ0) is 24.9. The highest BCUT2D eigenvalue weighted by Crippen LogP contribution is 2.07. The minimum atomic E-state index is -0.958. The van der Waals surface area contributed by atoms with Gasteiger partial charge in [-0.3, -0.25) is 9.59 Å². The molecule has 3 aromatic carbocycles. The van der Waals surface area contributed by atoms with Gasteiger partial charge in [-0.05, 0) is 23.1 Å². The molecule has 0 heterocycles. The summed E-state index contributed by atoms with van der Waals surface area (Å²) in [6.45, 7) is 0.0700. The third-order valence-electron chi connectivity index (χ3n) is 5.25. The molecule has 0 bridgehead atoms. The summed E-state index contributed by atoms with van der Waals surface area (Å²) < 4.78 is 5.28. The van der Waals surface area contributed by atoms with Crippen molar-refractivity contribution in [1.29, 1.82) is 0 Å². The number of ether oxygens (including phenoxy) is 1. The number of carbonyl (C=O) groups is 3. The molecular formula is C28H29N3O4. The fourth-order valence-electron chi connectivity index (χ4n) is 3.39. The maximum absolute atomic E-state index is 13.1. The van der Waals surface area contributed by atoms with E-state index in [-0.39, 0.29) is 19.4 Å². The number of benzene rings is 3. The fraction of sp³-hybridized carbons (Fsp3) is 0.179. The predicted molar refractivity (Wildman–Crippen MR) is 135 cm³/mol. The lowest BCUT2D eigenvalue weighted by Crippen LogP contribution is -2.53. The molecular weight excluding hydrogens is 442 g/mol. The van der Waals surface area contributed by atoms with Crippen LogP contribution in [0.1, 0.15) is 23.1 Å². The first-order valence-corrected chi connectivity index (χ1v) is 11.3. The molecule has 180 valence electrons. The molecule has 0 saturated heterocycles. The number of hydrogen-bond donors (Lipinski definition) is 3. The molecule has 3 rings (SSSR count). The van der Waals surface area contributed by atoms with Crippen LogP contribution in [-0.2, 0) is 27.4 Å². The van der Waals surface area contributed by atoms with Gasteiger partial charge in [-0.2, -0.15) is 0 Å². The van der Waals surface area contributed by atoms with Gasteiger partial charge < -0.3 is 21.1 Å². The average Bonchev–Trinajstić information content (AvgIpc) is 2.88. The molecule has 35 heavy (non-hydrogen) atoms. The monoisotopic (exact) mass is 471 g/mol. The summed E-state index contributed by atoms with van der Waals surface area (Å²) in [6.07, 6.45) is 3.33. The molecule has 0 aliphatic heterocycles. The van der Waals surface area contributed by atoms with Gasteiger partial charge in [-0.25, -0.2) is 4.79 Å². The van der Waals surface area contributed by atoms with E-state index in [9.17, 15) is 14.4 Å². The Hall–Kier alpha value is -4.39. The molecule has 0 fully saturated rings. The molecule has 0 spiro atoms. The topological polar surface area (TPSA) is 111 Å². The van der Waals surface area contributed by atoms with Crippen LogP contribution in [-0.4, -0.2) is 30.0 Å². The van der Waals surface area contributed by atoms with Crippen LogP contribution >= 0.6 is 0 Å². The van der Waals surface area contributed by atoms with Crippen LogP contribution in [0.5, 0.6) is 0 Å². The van der Waals surface area contributed by atoms with Gasteiger partial charge in [0, 0.05) is 6.42 Å². The molecule has 0 aliphatic rings. The normalized spacial score (nSPS) is 12.5. The van der Waals surface area contributed by atoms with Crippen molar-refractivity contribution in [3.05, 3.63) is 114 Å². The first kappa shape index (κ1) is 25.2. The van der Waals surface area contributed by atoms with Gasteiger partial charge in [0.05, 0.1) is 0 Å². The number of amides is 3. The van der Waals surface area contributed by atoms with Crippen molar-refractivity contribution in [2.45, 2.75) is 31.5 Å². The van der Waals surface area contributed by atoms with Crippen molar-refractivity contribution in [1.82, 2.24) is 10.6 Å². The quantitative estimate of drug-likeness (QED) is 0.397. The third kappa shape index (κ3) is 8.81. The highest BCUT2D eigenvalue weighted by atomic mass is 16.5. The molecule has 0 saturated carbocycles. The van der Waals surface area contributed by atoms with Crippen LogP contribution in [0.3, 0.4) is 0 Å². The van der Waals surface area contributed by atoms with Crippen molar-refractivity contribution < 1.29 is 19.1 Å². The smallest absolute Gasteiger partial charge is 0.408 e. The van der Waals surface area contributed by atoms with E-state index >= 15 is 0 Å². The summed E-state index contributed by atoms with van der Waals surface area (Å²) in [5.74, 6) is -1.19. The van der Waals surface area contributed by atoms with Crippen molar-refractivity contribution in [2.24, 2.45) is 5.73 Å². The SMILES string of the molecule is NC(=O)[C@@H](C/C=C/c1ccccc1)NC(=O)[C@@H](Cc1ccccc1)NC(=O)OCc1ccccc1. The molecule has 3 aromatic rings. The molecule has 3 amide bonds. The number of alkyl carbamates (subject to hydrolysis) is 1. The first-order valence-electron chi connectivity index (χ1n) is 11.3. The van der Waals surface area contributed by atoms with E-state index in [4.69, 9.17) is 10.5 Å². The molecule has 2 atom stereocenters. The lowest BCUT2D eigenvalue weighted by molar-refractivity contribution is -0.128. The van der Waals surface area contributed by atoms with Gasteiger partial charge in [0.25, 0.3) is 0 Å². The van der Waals surface area contributed by atoms with Crippen LogP contribution in [0, 0.1) is 0 Å². The van der Waals surface area contributed by atoms with Crippen LogP contribution in [0.15, 0.2) is 97.1 Å². The van der Waals surface area contributed by atoms with Crippen LogP contribution in [0.4, 0.5) is 4.79 Å². The number of carbonyl (C=O) groups excluding carboxylic acids is 3. The zero-order valence-electron chi connectivity index (χ0n) is 19.3. The van der Waals surface area contributed by atoms with Gasteiger partial charge in [0.1, 0.15) is 18.7 Å². The maximum Gasteiger partial charge on any atom is 0.408 e. The van der Waals surface area contributed by atoms with E-state index in [1.54, 1.807) is 6.08 Å². The van der Waals surface area contributed by atoms with E-state index in [1.165, 1.54) is 0 Å². The summed E-state index contributed by atoms with van der Waals surface area (Å²) in [5.41, 5.74) is 8.16. The second kappa shape index (κ2) is 13.3. The molecule has 0 aromatic heterocycles. The van der Waals surface area contributed by atoms with E-state index in [0.717, 1.165) is 16.7 Å². The lowest BCUT2D eigenvalue weighted by atomic mass is 10.0. The molecule has 0 aliphatic carbocycles. The Kier molecular flexibility index (Phi) is 9.63. The summed E-state index contributed by atoms with van der Waals surface area (Å²) in [4.78, 5) is 37.5. The van der Waals surface area contributed by atoms with E-state index in [0.29, 0.717) is 0 Å². The number of hydrogen-bond acceptors (Lipinski definition) is 4. The Morgan fingerprint density at radius 1 is 0.771 bits per heavy atom. The van der Waals surface area contributed by atoms with Gasteiger partial charge in [-0.1, -0.05) is 103 Å². The van der Waals surface area contributed by atoms with Crippen LogP contribution in [0.2, 0.25) is 0 Å². The minimum Gasteiger partial charge on any atom is -0.445 e. The number of nitrogens with one attached hydrogen (secondary N) is 2. The summed E-state index contributed by atoms with van der Waals surface area (Å²) in [6, 6.07) is 26.2. The number of primary amides is 1. The maximum atomic E-state index is 13.1. The van der Waals surface area contributed by atoms with Crippen LogP contribution in [0.25, 0.3) is 6.08 Å². The van der Waals surface area contributed by atoms with Crippen LogP contribution < -0.4 is 16.4 Å². The van der Waals surface area contributed by atoms with Gasteiger partial charge in [0.15, 0.2) is 0 Å². The fourth-order valence-corrected chi connectivity index (χ4v) is 3.39. The Bertz CT molecular complexity index is 1120. The Morgan fingerprint density at radius 3 is 1.94 bits per heavy atom. The highest BCUT2D eigenvalue weighted by Gasteiger charge is 2.26. The molecule has 0 unspecified atom stereocenters. The average molecular weight is 472 g/mol. The predicted octanol–water partition coefficient (Wildman–Crippen LogP) is 3.60. The van der Waals surface area contributed by atoms with E-state index in [2.05, 4.69) is 10.6 Å². The van der Waals surface area contributed by atoms with Crippen molar-refractivity contribution in [3.8, 4) is 0 Å². The standard InChI is InChI=1S/C28H29N3O4/c29-26(32)24(18-10-17-21-11-4-1-5-12-21)30-27(33)25(19-22-13-6-2-7-14-22)31-28(34)35-20-23-15-8-3-9-16-23/h1-17,24-25H,18-20H2,(H2,29,32)(H,30,33)(H,31,34)/b17-10+/t24-,25-/m1/s1. The number of nitrogens with two attached hydrogens (primary N) is 1. The lowest BCUT2D eigenvalue weighted by Gasteiger charge is -2.21. The van der Waals surface area contributed by atoms with Gasteiger partial charge in [-0.15, -0.1) is 0 Å². The van der Waals surface area contributed by atoms with Crippen molar-refractivity contribution >= 4 is 24.0 Å². The Balaban J connectivity index is 1.64. The second-order valence-electron chi connectivity index (χ2n) is 7.96.